The second kappa shape index (κ2) is 5.28. The molecule has 17 heavy (non-hydrogen) atoms. The molecule has 0 unspecified atom stereocenters. The minimum Gasteiger partial charge on any atom is -0.233 e. The summed E-state index contributed by atoms with van der Waals surface area (Å²) < 4.78 is 0. The second-order valence-corrected chi connectivity index (χ2v) is 4.29. The Balaban J connectivity index is 2.47. The number of aromatic nitrogens is 2. The van der Waals surface area contributed by atoms with E-state index in [-0.39, 0.29) is 0 Å². The second-order valence-electron chi connectivity index (χ2n) is 3.90. The summed E-state index contributed by atoms with van der Waals surface area (Å²) >= 11 is 6.00. The molecule has 0 saturated carbocycles. The largest absolute Gasteiger partial charge is 0.233 e. The maximum Gasteiger partial charge on any atom is 0.133 e. The van der Waals surface area contributed by atoms with E-state index in [9.17, 15) is 0 Å². The van der Waals surface area contributed by atoms with Crippen molar-refractivity contribution < 1.29 is 0 Å². The van der Waals surface area contributed by atoms with Gasteiger partial charge in [0.1, 0.15) is 11.0 Å². The van der Waals surface area contributed by atoms with Gasteiger partial charge >= 0.3 is 0 Å². The number of aryl methyl sites for hydroxylation is 2. The summed E-state index contributed by atoms with van der Waals surface area (Å²) in [6.07, 6.45) is 1.81. The Kier molecular flexibility index (Phi) is 3.75. The van der Waals surface area contributed by atoms with E-state index in [1.807, 2.05) is 13.0 Å². The molecule has 3 heteroatoms. The Morgan fingerprint density at radius 1 is 1.06 bits per heavy atom. The fourth-order valence-corrected chi connectivity index (χ4v) is 1.92. The van der Waals surface area contributed by atoms with Gasteiger partial charge in [-0.1, -0.05) is 43.6 Å². The van der Waals surface area contributed by atoms with Crippen molar-refractivity contribution in [1.82, 2.24) is 9.97 Å². The number of hydrogen-bond donors (Lipinski definition) is 0. The Labute approximate surface area is 107 Å². The molecule has 0 spiro atoms. The van der Waals surface area contributed by atoms with E-state index in [0.29, 0.717) is 5.15 Å². The Bertz CT molecular complexity index is 523. The molecule has 2 rings (SSSR count). The molecule has 2 aromatic rings. The molecule has 0 aliphatic heterocycles. The van der Waals surface area contributed by atoms with E-state index in [0.717, 1.165) is 29.9 Å². The first-order chi connectivity index (χ1) is 8.22. The molecule has 0 aliphatic carbocycles. The standard InChI is InChI=1S/C14H15ClN2/c1-3-10-6-5-7-11(8-10)12-9-13(15)17-14(4-2)16-12/h5-9H,3-4H2,1-2H3. The van der Waals surface area contributed by atoms with Crippen LogP contribution in [0.4, 0.5) is 0 Å². The monoisotopic (exact) mass is 246 g/mol. The Morgan fingerprint density at radius 3 is 2.59 bits per heavy atom. The molecule has 0 atom stereocenters. The van der Waals surface area contributed by atoms with Crippen LogP contribution in [0, 0.1) is 0 Å². The number of rotatable bonds is 3. The molecule has 0 amide bonds. The summed E-state index contributed by atoms with van der Waals surface area (Å²) in [6, 6.07) is 10.2. The fraction of sp³-hybridized carbons (Fsp3) is 0.286. The fourth-order valence-electron chi connectivity index (χ4n) is 1.72. The van der Waals surface area contributed by atoms with E-state index in [2.05, 4.69) is 41.2 Å². The van der Waals surface area contributed by atoms with Crippen LogP contribution >= 0.6 is 11.6 Å². The maximum atomic E-state index is 6.00. The molecule has 0 bridgehead atoms. The summed E-state index contributed by atoms with van der Waals surface area (Å²) in [5, 5.41) is 0.508. The molecule has 0 radical (unpaired) electrons. The van der Waals surface area contributed by atoms with Crippen molar-refractivity contribution in [1.29, 1.82) is 0 Å². The zero-order valence-electron chi connectivity index (χ0n) is 10.1. The minimum absolute atomic E-state index is 0.508. The normalized spacial score (nSPS) is 10.5. The van der Waals surface area contributed by atoms with Gasteiger partial charge in [-0.3, -0.25) is 0 Å². The van der Waals surface area contributed by atoms with E-state index in [1.54, 1.807) is 0 Å². The molecule has 0 aliphatic rings. The van der Waals surface area contributed by atoms with Gasteiger partial charge in [-0.2, -0.15) is 0 Å². The highest BCUT2D eigenvalue weighted by Gasteiger charge is 2.04. The summed E-state index contributed by atoms with van der Waals surface area (Å²) in [4.78, 5) is 8.68. The smallest absolute Gasteiger partial charge is 0.133 e. The molecule has 1 heterocycles. The van der Waals surface area contributed by atoms with Gasteiger partial charge in [-0.25, -0.2) is 9.97 Å². The van der Waals surface area contributed by atoms with Crippen LogP contribution in [0.1, 0.15) is 25.2 Å². The lowest BCUT2D eigenvalue weighted by atomic mass is 10.1. The van der Waals surface area contributed by atoms with Crippen LogP contribution in [0.25, 0.3) is 11.3 Å². The molecule has 0 fully saturated rings. The molecule has 1 aromatic heterocycles. The van der Waals surface area contributed by atoms with Crippen LogP contribution in [-0.2, 0) is 12.8 Å². The first-order valence-electron chi connectivity index (χ1n) is 5.85. The van der Waals surface area contributed by atoms with Crippen molar-refractivity contribution in [3.8, 4) is 11.3 Å². The lowest BCUT2D eigenvalue weighted by Gasteiger charge is -2.05. The molecular formula is C14H15ClN2. The predicted octanol–water partition coefficient (Wildman–Crippen LogP) is 3.92. The van der Waals surface area contributed by atoms with Crippen LogP contribution in [0.15, 0.2) is 30.3 Å². The summed E-state index contributed by atoms with van der Waals surface area (Å²) in [5.74, 6) is 0.786. The van der Waals surface area contributed by atoms with Gasteiger partial charge in [0.15, 0.2) is 0 Å². The number of nitrogens with zero attached hydrogens (tertiary/aromatic N) is 2. The quantitative estimate of drug-likeness (QED) is 0.767. The Morgan fingerprint density at radius 2 is 1.88 bits per heavy atom. The number of halogens is 1. The van der Waals surface area contributed by atoms with E-state index in [1.165, 1.54) is 5.56 Å². The third-order valence-electron chi connectivity index (χ3n) is 2.69. The highest BCUT2D eigenvalue weighted by atomic mass is 35.5. The van der Waals surface area contributed by atoms with Crippen LogP contribution < -0.4 is 0 Å². The lowest BCUT2D eigenvalue weighted by Crippen LogP contribution is -1.95. The third kappa shape index (κ3) is 2.83. The zero-order chi connectivity index (χ0) is 12.3. The average Bonchev–Trinajstić information content (AvgIpc) is 2.38. The van der Waals surface area contributed by atoms with Crippen LogP contribution in [0.5, 0.6) is 0 Å². The van der Waals surface area contributed by atoms with Crippen molar-refractivity contribution in [2.45, 2.75) is 26.7 Å². The van der Waals surface area contributed by atoms with Crippen molar-refractivity contribution in [2.75, 3.05) is 0 Å². The summed E-state index contributed by atoms with van der Waals surface area (Å²) in [6.45, 7) is 4.17. The molecular weight excluding hydrogens is 232 g/mol. The van der Waals surface area contributed by atoms with Gasteiger partial charge in [-0.05, 0) is 18.1 Å². The lowest BCUT2D eigenvalue weighted by molar-refractivity contribution is 0.943. The van der Waals surface area contributed by atoms with Crippen molar-refractivity contribution >= 4 is 11.6 Å². The van der Waals surface area contributed by atoms with E-state index >= 15 is 0 Å². The van der Waals surface area contributed by atoms with Crippen molar-refractivity contribution in [3.05, 3.63) is 46.9 Å². The first-order valence-corrected chi connectivity index (χ1v) is 6.23. The highest BCUT2D eigenvalue weighted by molar-refractivity contribution is 6.29. The first kappa shape index (κ1) is 12.1. The third-order valence-corrected chi connectivity index (χ3v) is 2.88. The number of hydrogen-bond acceptors (Lipinski definition) is 2. The zero-order valence-corrected chi connectivity index (χ0v) is 10.8. The average molecular weight is 247 g/mol. The topological polar surface area (TPSA) is 25.8 Å². The summed E-state index contributed by atoms with van der Waals surface area (Å²) in [7, 11) is 0. The summed E-state index contributed by atoms with van der Waals surface area (Å²) in [5.41, 5.74) is 3.30. The van der Waals surface area contributed by atoms with Crippen molar-refractivity contribution in [2.24, 2.45) is 0 Å². The Hall–Kier alpha value is -1.41. The van der Waals surface area contributed by atoms with Gasteiger partial charge in [0.25, 0.3) is 0 Å². The van der Waals surface area contributed by atoms with E-state index in [4.69, 9.17) is 11.6 Å². The minimum atomic E-state index is 0.508. The van der Waals surface area contributed by atoms with E-state index < -0.39 is 0 Å². The van der Waals surface area contributed by atoms with Gasteiger partial charge in [0, 0.05) is 18.1 Å². The molecule has 2 nitrogen and oxygen atoms in total. The van der Waals surface area contributed by atoms with Crippen molar-refractivity contribution in [3.63, 3.8) is 0 Å². The maximum absolute atomic E-state index is 6.00. The predicted molar refractivity (Wildman–Crippen MR) is 71.2 cm³/mol. The van der Waals surface area contributed by atoms with Gasteiger partial charge in [-0.15, -0.1) is 0 Å². The van der Waals surface area contributed by atoms with Gasteiger partial charge < -0.3 is 0 Å². The molecule has 0 saturated heterocycles. The van der Waals surface area contributed by atoms with Crippen LogP contribution in [-0.4, -0.2) is 9.97 Å². The van der Waals surface area contributed by atoms with Crippen LogP contribution in [0.2, 0.25) is 5.15 Å². The highest BCUT2D eigenvalue weighted by Crippen LogP contribution is 2.21. The SMILES string of the molecule is CCc1cccc(-c2cc(Cl)nc(CC)n2)c1. The van der Waals surface area contributed by atoms with Crippen LogP contribution in [0.3, 0.4) is 0 Å². The van der Waals surface area contributed by atoms with Gasteiger partial charge in [0.05, 0.1) is 5.69 Å². The molecule has 1 aromatic carbocycles. The molecule has 0 N–H and O–H groups in total. The van der Waals surface area contributed by atoms with Gasteiger partial charge in [0.2, 0.25) is 0 Å². The number of benzene rings is 1. The molecule has 88 valence electrons.